The fourth-order valence-electron chi connectivity index (χ4n) is 3.90. The Morgan fingerprint density at radius 1 is 1.13 bits per heavy atom. The number of imide groups is 1. The van der Waals surface area contributed by atoms with Crippen LogP contribution in [0.2, 0.25) is 0 Å². The van der Waals surface area contributed by atoms with E-state index in [1.807, 2.05) is 32.0 Å². The molecule has 2 fully saturated rings. The molecule has 4 nitrogen and oxygen atoms in total. The lowest BCUT2D eigenvalue weighted by Crippen LogP contribution is -2.39. The number of hydrogen-bond donors (Lipinski definition) is 0. The van der Waals surface area contributed by atoms with Gasteiger partial charge in [-0.1, -0.05) is 37.0 Å². The number of amides is 2. The second-order valence-electron chi connectivity index (χ2n) is 7.04. The van der Waals surface area contributed by atoms with E-state index in [-0.39, 0.29) is 30.6 Å². The second-order valence-corrected chi connectivity index (χ2v) is 7.04. The van der Waals surface area contributed by atoms with Crippen LogP contribution in [0.5, 0.6) is 0 Å². The van der Waals surface area contributed by atoms with Crippen molar-refractivity contribution < 1.29 is 14.4 Å². The van der Waals surface area contributed by atoms with Crippen molar-refractivity contribution in [3.8, 4) is 0 Å². The number of benzene rings is 1. The third kappa shape index (κ3) is 2.82. The van der Waals surface area contributed by atoms with Gasteiger partial charge in [0.15, 0.2) is 5.78 Å². The molecule has 2 aliphatic rings. The predicted molar refractivity (Wildman–Crippen MR) is 87.1 cm³/mol. The normalized spacial score (nSPS) is 20.3. The maximum absolute atomic E-state index is 12.8. The van der Waals surface area contributed by atoms with Crippen LogP contribution in [0.15, 0.2) is 18.2 Å². The second kappa shape index (κ2) is 5.91. The molecule has 0 N–H and O–H groups in total. The van der Waals surface area contributed by atoms with Gasteiger partial charge in [0, 0.05) is 12.0 Å². The summed E-state index contributed by atoms with van der Waals surface area (Å²) in [6, 6.07) is 5.69. The number of Topliss-reactive ketones (excluding diaryl/α,β-unsaturated/α-hetero) is 1. The van der Waals surface area contributed by atoms with Gasteiger partial charge in [-0.15, -0.1) is 0 Å². The first-order chi connectivity index (χ1) is 10.9. The van der Waals surface area contributed by atoms with Gasteiger partial charge in [-0.2, -0.15) is 0 Å². The quantitative estimate of drug-likeness (QED) is 0.636. The molecular weight excluding hydrogens is 290 g/mol. The van der Waals surface area contributed by atoms with Gasteiger partial charge in [0.2, 0.25) is 11.8 Å². The van der Waals surface area contributed by atoms with Crippen molar-refractivity contribution in [2.75, 3.05) is 6.54 Å². The number of nitrogens with zero attached hydrogens (tertiary/aromatic N) is 1. The molecule has 0 atom stereocenters. The van der Waals surface area contributed by atoms with Crippen molar-refractivity contribution >= 4 is 17.6 Å². The van der Waals surface area contributed by atoms with E-state index in [1.54, 1.807) is 0 Å². The Morgan fingerprint density at radius 3 is 2.52 bits per heavy atom. The van der Waals surface area contributed by atoms with Crippen molar-refractivity contribution in [2.24, 2.45) is 5.41 Å². The highest BCUT2D eigenvalue weighted by molar-refractivity contribution is 6.10. The molecule has 0 bridgehead atoms. The Labute approximate surface area is 136 Å². The van der Waals surface area contributed by atoms with Crippen LogP contribution in [0, 0.1) is 19.3 Å². The van der Waals surface area contributed by atoms with Crippen LogP contribution < -0.4 is 0 Å². The smallest absolute Gasteiger partial charge is 0.236 e. The van der Waals surface area contributed by atoms with E-state index in [4.69, 9.17) is 0 Å². The standard InChI is InChI=1S/C19H23NO3/c1-13-6-7-14(2)15(10-13)16(21)12-20-17(22)11-19(18(20)23)8-4-3-5-9-19/h6-7,10H,3-5,8-9,11-12H2,1-2H3. The van der Waals surface area contributed by atoms with Crippen molar-refractivity contribution in [3.63, 3.8) is 0 Å². The van der Waals surface area contributed by atoms with E-state index in [1.165, 1.54) is 4.90 Å². The van der Waals surface area contributed by atoms with E-state index in [0.29, 0.717) is 5.56 Å². The number of rotatable bonds is 3. The van der Waals surface area contributed by atoms with Crippen LogP contribution in [-0.2, 0) is 9.59 Å². The number of ketones is 1. The molecule has 1 spiro atoms. The first-order valence-corrected chi connectivity index (χ1v) is 8.38. The average molecular weight is 313 g/mol. The molecule has 1 heterocycles. The number of carbonyl (C=O) groups is 3. The lowest BCUT2D eigenvalue weighted by Gasteiger charge is -2.30. The maximum Gasteiger partial charge on any atom is 0.236 e. The zero-order valence-electron chi connectivity index (χ0n) is 13.9. The summed E-state index contributed by atoms with van der Waals surface area (Å²) in [5.74, 6) is -0.461. The molecule has 1 saturated heterocycles. The first-order valence-electron chi connectivity index (χ1n) is 8.38. The van der Waals surface area contributed by atoms with Crippen molar-refractivity contribution in [3.05, 3.63) is 34.9 Å². The zero-order valence-corrected chi connectivity index (χ0v) is 13.9. The molecule has 1 aromatic rings. The fourth-order valence-corrected chi connectivity index (χ4v) is 3.90. The van der Waals surface area contributed by atoms with Crippen LogP contribution >= 0.6 is 0 Å². The van der Waals surface area contributed by atoms with Gasteiger partial charge in [-0.3, -0.25) is 19.3 Å². The molecule has 1 saturated carbocycles. The number of likely N-dealkylation sites (tertiary alicyclic amines) is 1. The zero-order chi connectivity index (χ0) is 16.6. The Bertz CT molecular complexity index is 671. The number of carbonyl (C=O) groups excluding carboxylic acids is 3. The third-order valence-corrected chi connectivity index (χ3v) is 5.30. The van der Waals surface area contributed by atoms with Crippen molar-refractivity contribution in [1.82, 2.24) is 4.90 Å². The molecule has 0 aromatic heterocycles. The molecule has 1 aliphatic carbocycles. The highest BCUT2D eigenvalue weighted by Gasteiger charge is 2.51. The summed E-state index contributed by atoms with van der Waals surface area (Å²) < 4.78 is 0. The van der Waals surface area contributed by atoms with E-state index >= 15 is 0 Å². The monoisotopic (exact) mass is 313 g/mol. The number of hydrogen-bond acceptors (Lipinski definition) is 3. The van der Waals surface area contributed by atoms with Gasteiger partial charge in [0.05, 0.1) is 12.0 Å². The molecule has 1 aliphatic heterocycles. The van der Waals surface area contributed by atoms with Crippen molar-refractivity contribution in [1.29, 1.82) is 0 Å². The molecule has 23 heavy (non-hydrogen) atoms. The minimum absolute atomic E-state index is 0.121. The lowest BCUT2D eigenvalue weighted by molar-refractivity contribution is -0.141. The summed E-state index contributed by atoms with van der Waals surface area (Å²) in [5.41, 5.74) is 1.97. The van der Waals surface area contributed by atoms with Crippen molar-refractivity contribution in [2.45, 2.75) is 52.4 Å². The Morgan fingerprint density at radius 2 is 1.83 bits per heavy atom. The first kappa shape index (κ1) is 15.9. The Balaban J connectivity index is 1.80. The highest BCUT2D eigenvalue weighted by Crippen LogP contribution is 2.45. The lowest BCUT2D eigenvalue weighted by atomic mass is 9.73. The Hall–Kier alpha value is -1.97. The molecule has 0 unspecified atom stereocenters. The minimum Gasteiger partial charge on any atom is -0.292 e. The molecule has 4 heteroatoms. The van der Waals surface area contributed by atoms with E-state index < -0.39 is 5.41 Å². The summed E-state index contributed by atoms with van der Waals surface area (Å²) in [5, 5.41) is 0. The van der Waals surface area contributed by atoms with Gasteiger partial charge in [-0.25, -0.2) is 0 Å². The molecule has 122 valence electrons. The molecule has 0 radical (unpaired) electrons. The van der Waals surface area contributed by atoms with Gasteiger partial charge in [-0.05, 0) is 38.3 Å². The molecular formula is C19H23NO3. The molecule has 2 amide bonds. The minimum atomic E-state index is -0.517. The Kier molecular flexibility index (Phi) is 4.09. The van der Waals surface area contributed by atoms with Crippen LogP contribution in [0.3, 0.4) is 0 Å². The van der Waals surface area contributed by atoms with Gasteiger partial charge in [0.1, 0.15) is 0 Å². The predicted octanol–water partition coefficient (Wildman–Crippen LogP) is 3.20. The van der Waals surface area contributed by atoms with Gasteiger partial charge in [0.25, 0.3) is 0 Å². The summed E-state index contributed by atoms with van der Waals surface area (Å²) >= 11 is 0. The molecule has 3 rings (SSSR count). The SMILES string of the molecule is Cc1ccc(C)c(C(=O)CN2C(=O)CC3(CCCCC3)C2=O)c1. The van der Waals surface area contributed by atoms with E-state index in [0.717, 1.165) is 43.2 Å². The van der Waals surface area contributed by atoms with Gasteiger partial charge >= 0.3 is 0 Å². The van der Waals surface area contributed by atoms with E-state index in [2.05, 4.69) is 0 Å². The number of aryl methyl sites for hydroxylation is 2. The fraction of sp³-hybridized carbons (Fsp3) is 0.526. The third-order valence-electron chi connectivity index (χ3n) is 5.30. The van der Waals surface area contributed by atoms with E-state index in [9.17, 15) is 14.4 Å². The highest BCUT2D eigenvalue weighted by atomic mass is 16.2. The van der Waals surface area contributed by atoms with Crippen LogP contribution in [0.1, 0.15) is 60.0 Å². The summed E-state index contributed by atoms with van der Waals surface area (Å²) in [6.45, 7) is 3.69. The summed E-state index contributed by atoms with van der Waals surface area (Å²) in [4.78, 5) is 38.9. The van der Waals surface area contributed by atoms with Crippen LogP contribution in [-0.4, -0.2) is 29.0 Å². The van der Waals surface area contributed by atoms with Crippen LogP contribution in [0.4, 0.5) is 0 Å². The topological polar surface area (TPSA) is 54.5 Å². The maximum atomic E-state index is 12.8. The van der Waals surface area contributed by atoms with Gasteiger partial charge < -0.3 is 0 Å². The summed E-state index contributed by atoms with van der Waals surface area (Å²) in [7, 11) is 0. The average Bonchev–Trinajstić information content (AvgIpc) is 2.74. The largest absolute Gasteiger partial charge is 0.292 e. The van der Waals surface area contributed by atoms with Crippen LogP contribution in [0.25, 0.3) is 0 Å². The summed E-state index contributed by atoms with van der Waals surface area (Å²) in [6.07, 6.45) is 4.98. The molecule has 1 aromatic carbocycles.